The molecule has 0 saturated heterocycles. The highest BCUT2D eigenvalue weighted by Gasteiger charge is 2.05. The molecule has 0 aliphatic heterocycles. The Bertz CT molecular complexity index is 327. The lowest BCUT2D eigenvalue weighted by Gasteiger charge is -2.07. The maximum atomic E-state index is 12.6. The molecule has 0 unspecified atom stereocenters. The van der Waals surface area contributed by atoms with Gasteiger partial charge in [0.25, 0.3) is 0 Å². The second kappa shape index (κ2) is 7.19. The van der Waals surface area contributed by atoms with Crippen molar-refractivity contribution in [2.75, 3.05) is 6.54 Å². The van der Waals surface area contributed by atoms with Crippen LogP contribution in [0.15, 0.2) is 24.3 Å². The Morgan fingerprint density at radius 2 is 2.00 bits per heavy atom. The van der Waals surface area contributed by atoms with Crippen molar-refractivity contribution >= 4 is 18.3 Å². The van der Waals surface area contributed by atoms with Crippen molar-refractivity contribution in [3.05, 3.63) is 35.6 Å². The Hall–Kier alpha value is -1.13. The molecule has 16 heavy (non-hydrogen) atoms. The number of hydrogen-bond donors (Lipinski definition) is 2. The molecule has 0 radical (unpaired) electrons. The largest absolute Gasteiger partial charge is 0.354 e. The Kier molecular flexibility index (Phi) is 6.69. The number of carbonyl (C=O) groups is 1. The predicted molar refractivity (Wildman–Crippen MR) is 64.0 cm³/mol. The molecule has 1 amide bonds. The summed E-state index contributed by atoms with van der Waals surface area (Å²) in [6.45, 7) is 2.15. The van der Waals surface area contributed by atoms with Crippen molar-refractivity contribution in [2.24, 2.45) is 5.73 Å². The van der Waals surface area contributed by atoms with Crippen molar-refractivity contribution in [1.82, 2.24) is 5.32 Å². The summed E-state index contributed by atoms with van der Waals surface area (Å²) in [6, 6.07) is 5.73. The summed E-state index contributed by atoms with van der Waals surface area (Å²) >= 11 is 0. The van der Waals surface area contributed by atoms with Crippen LogP contribution in [0.1, 0.15) is 12.5 Å². The fourth-order valence-electron chi connectivity index (χ4n) is 1.14. The minimum atomic E-state index is -0.488. The summed E-state index contributed by atoms with van der Waals surface area (Å²) in [4.78, 5) is 11.1. The van der Waals surface area contributed by atoms with E-state index in [1.807, 2.05) is 0 Å². The van der Waals surface area contributed by atoms with Crippen LogP contribution in [-0.2, 0) is 11.2 Å². The van der Waals surface area contributed by atoms with Crippen LogP contribution in [0.25, 0.3) is 0 Å². The zero-order chi connectivity index (χ0) is 11.3. The van der Waals surface area contributed by atoms with Gasteiger partial charge < -0.3 is 11.1 Å². The van der Waals surface area contributed by atoms with E-state index in [9.17, 15) is 9.18 Å². The SMILES string of the molecule is C[C@@H](N)C(=O)NCCc1ccc(F)cc1.Cl. The lowest BCUT2D eigenvalue weighted by atomic mass is 10.1. The lowest BCUT2D eigenvalue weighted by Crippen LogP contribution is -2.39. The molecule has 1 aromatic rings. The first-order valence-electron chi connectivity index (χ1n) is 4.87. The maximum absolute atomic E-state index is 12.6. The average Bonchev–Trinajstić information content (AvgIpc) is 2.20. The van der Waals surface area contributed by atoms with Crippen LogP contribution in [0, 0.1) is 5.82 Å². The predicted octanol–water partition coefficient (Wildman–Crippen LogP) is 1.25. The highest BCUT2D eigenvalue weighted by atomic mass is 35.5. The minimum Gasteiger partial charge on any atom is -0.354 e. The summed E-state index contributed by atoms with van der Waals surface area (Å²) in [5.41, 5.74) is 6.36. The molecule has 0 aliphatic rings. The summed E-state index contributed by atoms with van der Waals surface area (Å²) in [6.07, 6.45) is 0.679. The first-order chi connectivity index (χ1) is 7.09. The number of rotatable bonds is 4. The topological polar surface area (TPSA) is 55.1 Å². The molecule has 0 aliphatic carbocycles. The van der Waals surface area contributed by atoms with Gasteiger partial charge in [-0.3, -0.25) is 4.79 Å². The Labute approximate surface area is 101 Å². The fraction of sp³-hybridized carbons (Fsp3) is 0.364. The zero-order valence-electron chi connectivity index (χ0n) is 9.07. The Balaban J connectivity index is 0.00000225. The number of benzene rings is 1. The normalized spacial score (nSPS) is 11.4. The van der Waals surface area contributed by atoms with Crippen LogP contribution in [0.2, 0.25) is 0 Å². The van der Waals surface area contributed by atoms with Gasteiger partial charge in [0.05, 0.1) is 6.04 Å². The number of amides is 1. The van der Waals surface area contributed by atoms with E-state index < -0.39 is 6.04 Å². The molecule has 1 atom stereocenters. The molecule has 5 heteroatoms. The molecule has 1 aromatic carbocycles. The number of nitrogens with two attached hydrogens (primary N) is 1. The second-order valence-electron chi connectivity index (χ2n) is 3.46. The lowest BCUT2D eigenvalue weighted by molar-refractivity contribution is -0.121. The third-order valence-electron chi connectivity index (χ3n) is 2.04. The molecule has 0 aromatic heterocycles. The molecular weight excluding hydrogens is 231 g/mol. The standard InChI is InChI=1S/C11H15FN2O.ClH/c1-8(13)11(15)14-7-6-9-2-4-10(12)5-3-9;/h2-5,8H,6-7,13H2,1H3,(H,14,15);1H/t8-;/m1./s1. The van der Waals surface area contributed by atoms with Gasteiger partial charge in [0, 0.05) is 6.54 Å². The number of nitrogens with one attached hydrogen (secondary N) is 1. The molecule has 0 fully saturated rings. The van der Waals surface area contributed by atoms with Crippen molar-refractivity contribution in [3.63, 3.8) is 0 Å². The summed E-state index contributed by atoms with van der Waals surface area (Å²) < 4.78 is 12.6. The van der Waals surface area contributed by atoms with Crippen molar-refractivity contribution < 1.29 is 9.18 Å². The van der Waals surface area contributed by atoms with E-state index in [2.05, 4.69) is 5.32 Å². The van der Waals surface area contributed by atoms with E-state index in [1.54, 1.807) is 19.1 Å². The van der Waals surface area contributed by atoms with Gasteiger partial charge in [0.2, 0.25) is 5.91 Å². The third-order valence-corrected chi connectivity index (χ3v) is 2.04. The van der Waals surface area contributed by atoms with E-state index in [1.165, 1.54) is 12.1 Å². The molecule has 90 valence electrons. The van der Waals surface area contributed by atoms with Gasteiger partial charge in [-0.2, -0.15) is 0 Å². The van der Waals surface area contributed by atoms with Crippen LogP contribution in [-0.4, -0.2) is 18.5 Å². The molecule has 0 spiro atoms. The zero-order valence-corrected chi connectivity index (χ0v) is 9.89. The Morgan fingerprint density at radius 1 is 1.44 bits per heavy atom. The average molecular weight is 247 g/mol. The number of carbonyl (C=O) groups excluding carboxylic acids is 1. The van der Waals surface area contributed by atoms with E-state index in [4.69, 9.17) is 5.73 Å². The van der Waals surface area contributed by atoms with Crippen LogP contribution in [0.5, 0.6) is 0 Å². The molecule has 0 saturated carbocycles. The van der Waals surface area contributed by atoms with Gasteiger partial charge in [0.1, 0.15) is 5.82 Å². The first-order valence-corrected chi connectivity index (χ1v) is 4.87. The van der Waals surface area contributed by atoms with Crippen LogP contribution >= 0.6 is 12.4 Å². The molecule has 3 N–H and O–H groups in total. The second-order valence-corrected chi connectivity index (χ2v) is 3.46. The van der Waals surface area contributed by atoms with Gasteiger partial charge in [-0.05, 0) is 31.0 Å². The van der Waals surface area contributed by atoms with Gasteiger partial charge in [0.15, 0.2) is 0 Å². The third kappa shape index (κ3) is 5.09. The van der Waals surface area contributed by atoms with E-state index in [0.29, 0.717) is 13.0 Å². The van der Waals surface area contributed by atoms with Crippen molar-refractivity contribution in [1.29, 1.82) is 0 Å². The van der Waals surface area contributed by atoms with Crippen LogP contribution in [0.4, 0.5) is 4.39 Å². The van der Waals surface area contributed by atoms with Crippen LogP contribution in [0.3, 0.4) is 0 Å². The molecular formula is C11H16ClFN2O. The minimum absolute atomic E-state index is 0. The maximum Gasteiger partial charge on any atom is 0.236 e. The van der Waals surface area contributed by atoms with Gasteiger partial charge in [-0.15, -0.1) is 12.4 Å². The molecule has 0 heterocycles. The number of halogens is 2. The van der Waals surface area contributed by atoms with Gasteiger partial charge in [-0.1, -0.05) is 12.1 Å². The van der Waals surface area contributed by atoms with Crippen molar-refractivity contribution in [3.8, 4) is 0 Å². The smallest absolute Gasteiger partial charge is 0.236 e. The quantitative estimate of drug-likeness (QED) is 0.840. The van der Waals surface area contributed by atoms with E-state index >= 15 is 0 Å². The Morgan fingerprint density at radius 3 is 2.50 bits per heavy atom. The van der Waals surface area contributed by atoms with Crippen molar-refractivity contribution in [2.45, 2.75) is 19.4 Å². The van der Waals surface area contributed by atoms with E-state index in [0.717, 1.165) is 5.56 Å². The molecule has 0 bridgehead atoms. The summed E-state index contributed by atoms with van der Waals surface area (Å²) in [7, 11) is 0. The molecule has 1 rings (SSSR count). The molecule has 3 nitrogen and oxygen atoms in total. The first kappa shape index (κ1) is 14.9. The summed E-state index contributed by atoms with van der Waals surface area (Å²) in [5, 5.41) is 2.69. The van der Waals surface area contributed by atoms with Crippen LogP contribution < -0.4 is 11.1 Å². The monoisotopic (exact) mass is 246 g/mol. The highest BCUT2D eigenvalue weighted by molar-refractivity contribution is 5.85. The van der Waals surface area contributed by atoms with Gasteiger partial charge >= 0.3 is 0 Å². The number of hydrogen-bond acceptors (Lipinski definition) is 2. The van der Waals surface area contributed by atoms with E-state index in [-0.39, 0.29) is 24.1 Å². The fourth-order valence-corrected chi connectivity index (χ4v) is 1.14. The van der Waals surface area contributed by atoms with Gasteiger partial charge in [-0.25, -0.2) is 4.39 Å². The highest BCUT2D eigenvalue weighted by Crippen LogP contribution is 2.02. The summed E-state index contributed by atoms with van der Waals surface area (Å²) in [5.74, 6) is -0.421.